The minimum absolute atomic E-state index is 0.262. The molecule has 0 aliphatic carbocycles. The van der Waals surface area contributed by atoms with Crippen LogP contribution in [0.1, 0.15) is 32.6 Å². The van der Waals surface area contributed by atoms with Crippen molar-refractivity contribution in [3.8, 4) is 0 Å². The monoisotopic (exact) mass is 324 g/mol. The molecule has 0 spiro atoms. The van der Waals surface area contributed by atoms with Gasteiger partial charge in [-0.05, 0) is 52.4 Å². The average Bonchev–Trinajstić information content (AvgIpc) is 3.02. The topological polar surface area (TPSA) is 54.1 Å². The number of halogens is 1. The summed E-state index contributed by atoms with van der Waals surface area (Å²) in [6.07, 6.45) is 5.79. The van der Waals surface area contributed by atoms with Crippen molar-refractivity contribution in [2.75, 3.05) is 39.3 Å². The summed E-state index contributed by atoms with van der Waals surface area (Å²) in [6, 6.07) is 0. The van der Waals surface area contributed by atoms with Crippen molar-refractivity contribution >= 4 is 6.72 Å². The maximum Gasteiger partial charge on any atom is 0.166 e. The van der Waals surface area contributed by atoms with Crippen LogP contribution in [0.5, 0.6) is 0 Å². The molecular weight excluding hydrogens is 295 g/mol. The number of aliphatic imine (C=N–C) groups is 1. The number of likely N-dealkylation sites (tertiary alicyclic amines) is 2. The molecule has 2 rings (SSSR count). The normalized spacial score (nSPS) is 22.3. The first kappa shape index (κ1) is 17.9. The van der Waals surface area contributed by atoms with Crippen molar-refractivity contribution in [3.05, 3.63) is 23.4 Å². The van der Waals surface area contributed by atoms with Gasteiger partial charge in [0.15, 0.2) is 5.83 Å². The third-order valence-electron chi connectivity index (χ3n) is 4.52. The zero-order valence-electron chi connectivity index (χ0n) is 14.1. The van der Waals surface area contributed by atoms with E-state index in [4.69, 9.17) is 10.5 Å². The largest absolute Gasteiger partial charge is 0.401 e. The summed E-state index contributed by atoms with van der Waals surface area (Å²) in [5, 5.41) is 0. The molecule has 2 saturated heterocycles. The molecule has 2 fully saturated rings. The summed E-state index contributed by atoms with van der Waals surface area (Å²) < 4.78 is 20.1. The summed E-state index contributed by atoms with van der Waals surface area (Å²) in [7, 11) is 0. The zero-order chi connectivity index (χ0) is 16.7. The number of nitrogens with two attached hydrogens (primary N) is 1. The Bertz CT molecular complexity index is 446. The van der Waals surface area contributed by atoms with Crippen LogP contribution < -0.4 is 5.73 Å². The molecule has 0 aromatic rings. The highest BCUT2D eigenvalue weighted by atomic mass is 19.1. The first-order chi connectivity index (χ1) is 11.1. The van der Waals surface area contributed by atoms with Gasteiger partial charge in [-0.1, -0.05) is 0 Å². The van der Waals surface area contributed by atoms with Crippen molar-refractivity contribution in [1.82, 2.24) is 9.80 Å². The fourth-order valence-corrected chi connectivity index (χ4v) is 3.33. The number of allylic oxidation sites excluding steroid dienone is 2. The molecular formula is C17H29FN4O. The molecule has 0 atom stereocenters. The molecule has 0 amide bonds. The van der Waals surface area contributed by atoms with Gasteiger partial charge in [-0.3, -0.25) is 4.99 Å². The van der Waals surface area contributed by atoms with Crippen molar-refractivity contribution in [2.24, 2.45) is 10.7 Å². The van der Waals surface area contributed by atoms with Gasteiger partial charge in [-0.2, -0.15) is 0 Å². The fourth-order valence-electron chi connectivity index (χ4n) is 3.33. The van der Waals surface area contributed by atoms with E-state index < -0.39 is 5.83 Å². The summed E-state index contributed by atoms with van der Waals surface area (Å²) in [4.78, 5) is 7.93. The van der Waals surface area contributed by atoms with Crippen LogP contribution in [0, 0.1) is 0 Å². The summed E-state index contributed by atoms with van der Waals surface area (Å²) in [5.41, 5.74) is 6.75. The smallest absolute Gasteiger partial charge is 0.166 e. The van der Waals surface area contributed by atoms with Gasteiger partial charge < -0.3 is 20.3 Å². The molecule has 2 aliphatic heterocycles. The summed E-state index contributed by atoms with van der Waals surface area (Å²) in [5.74, 6) is -0.423. The highest BCUT2D eigenvalue weighted by molar-refractivity contribution is 5.32. The second kappa shape index (κ2) is 9.03. The van der Waals surface area contributed by atoms with E-state index in [1.807, 2.05) is 4.90 Å². The summed E-state index contributed by atoms with van der Waals surface area (Å²) in [6.45, 7) is 10.7. The average molecular weight is 324 g/mol. The number of hydrogen-bond donors (Lipinski definition) is 1. The van der Waals surface area contributed by atoms with E-state index >= 15 is 0 Å². The Morgan fingerprint density at radius 1 is 1.30 bits per heavy atom. The third-order valence-corrected chi connectivity index (χ3v) is 4.52. The van der Waals surface area contributed by atoms with Gasteiger partial charge in [-0.25, -0.2) is 4.39 Å². The van der Waals surface area contributed by atoms with Crippen molar-refractivity contribution in [2.45, 2.75) is 38.7 Å². The first-order valence-corrected chi connectivity index (χ1v) is 8.49. The second-order valence-corrected chi connectivity index (χ2v) is 6.30. The Morgan fingerprint density at radius 2 is 1.96 bits per heavy atom. The predicted molar refractivity (Wildman–Crippen MR) is 91.8 cm³/mol. The zero-order valence-corrected chi connectivity index (χ0v) is 14.1. The van der Waals surface area contributed by atoms with E-state index in [0.29, 0.717) is 11.4 Å². The summed E-state index contributed by atoms with van der Waals surface area (Å²) >= 11 is 0. The maximum absolute atomic E-state index is 14.1. The molecule has 0 radical (unpaired) electrons. The van der Waals surface area contributed by atoms with Crippen LogP contribution >= 0.6 is 0 Å². The van der Waals surface area contributed by atoms with Gasteiger partial charge >= 0.3 is 0 Å². The molecule has 0 aromatic carbocycles. The van der Waals surface area contributed by atoms with E-state index in [1.165, 1.54) is 25.9 Å². The Kier molecular flexibility index (Phi) is 7.05. The molecule has 130 valence electrons. The Balaban J connectivity index is 1.77. The Labute approximate surface area is 138 Å². The number of piperidine rings is 1. The lowest BCUT2D eigenvalue weighted by atomic mass is 10.1. The molecule has 0 saturated carbocycles. The number of hydrogen-bond acceptors (Lipinski definition) is 5. The minimum Gasteiger partial charge on any atom is -0.401 e. The van der Waals surface area contributed by atoms with Crippen molar-refractivity contribution < 1.29 is 9.13 Å². The van der Waals surface area contributed by atoms with E-state index in [9.17, 15) is 4.39 Å². The minimum atomic E-state index is -0.423. The SMILES string of the molecule is C=N/C=C(F)\C(=C(/C)N)N1CCC(OCCN2CCCC2)CC1. The fraction of sp³-hybridized carbons (Fsp3) is 0.706. The maximum atomic E-state index is 14.1. The lowest BCUT2D eigenvalue weighted by molar-refractivity contribution is 0.00578. The predicted octanol–water partition coefficient (Wildman–Crippen LogP) is 2.26. The van der Waals surface area contributed by atoms with Gasteiger partial charge in [0, 0.05) is 25.3 Å². The van der Waals surface area contributed by atoms with E-state index in [0.717, 1.165) is 45.3 Å². The molecule has 6 heteroatoms. The van der Waals surface area contributed by atoms with E-state index in [1.54, 1.807) is 6.92 Å². The van der Waals surface area contributed by atoms with Gasteiger partial charge in [-0.15, -0.1) is 0 Å². The van der Waals surface area contributed by atoms with E-state index in [-0.39, 0.29) is 6.10 Å². The van der Waals surface area contributed by atoms with Crippen molar-refractivity contribution in [3.63, 3.8) is 0 Å². The van der Waals surface area contributed by atoms with Gasteiger partial charge in [0.2, 0.25) is 0 Å². The number of rotatable bonds is 7. The highest BCUT2D eigenvalue weighted by Crippen LogP contribution is 2.24. The molecule has 5 nitrogen and oxygen atoms in total. The molecule has 23 heavy (non-hydrogen) atoms. The Hall–Kier alpha value is -1.40. The van der Waals surface area contributed by atoms with Gasteiger partial charge in [0.25, 0.3) is 0 Å². The van der Waals surface area contributed by atoms with Crippen LogP contribution in [0.2, 0.25) is 0 Å². The number of nitrogens with zero attached hydrogens (tertiary/aromatic N) is 3. The van der Waals surface area contributed by atoms with Crippen molar-refractivity contribution in [1.29, 1.82) is 0 Å². The van der Waals surface area contributed by atoms with Crippen LogP contribution in [0.4, 0.5) is 4.39 Å². The lowest BCUT2D eigenvalue weighted by Crippen LogP contribution is -2.38. The number of ether oxygens (including phenoxy) is 1. The molecule has 2 aliphatic rings. The second-order valence-electron chi connectivity index (χ2n) is 6.30. The van der Waals surface area contributed by atoms with Crippen LogP contribution in [-0.2, 0) is 4.74 Å². The molecule has 0 unspecified atom stereocenters. The first-order valence-electron chi connectivity index (χ1n) is 8.49. The molecule has 2 N–H and O–H groups in total. The third kappa shape index (κ3) is 5.32. The standard InChI is InChI=1S/C17H29FN4O/c1-14(19)17(16(18)13-20-2)22-9-5-15(6-10-22)23-12-11-21-7-3-4-8-21/h13,15H,2-12,19H2,1H3/b16-13+,17-14-. The van der Waals surface area contributed by atoms with Crippen LogP contribution in [-0.4, -0.2) is 62.0 Å². The molecule has 0 bridgehead atoms. The highest BCUT2D eigenvalue weighted by Gasteiger charge is 2.24. The lowest BCUT2D eigenvalue weighted by Gasteiger charge is -2.35. The van der Waals surface area contributed by atoms with Crippen LogP contribution in [0.3, 0.4) is 0 Å². The van der Waals surface area contributed by atoms with E-state index in [2.05, 4.69) is 16.6 Å². The quantitative estimate of drug-likeness (QED) is 0.576. The van der Waals surface area contributed by atoms with Crippen LogP contribution in [0.25, 0.3) is 0 Å². The van der Waals surface area contributed by atoms with Gasteiger partial charge in [0.05, 0.1) is 24.6 Å². The Morgan fingerprint density at radius 3 is 2.52 bits per heavy atom. The molecule has 2 heterocycles. The molecule has 0 aromatic heterocycles. The van der Waals surface area contributed by atoms with Gasteiger partial charge in [0.1, 0.15) is 0 Å². The van der Waals surface area contributed by atoms with Crippen LogP contribution in [0.15, 0.2) is 28.4 Å².